The van der Waals surface area contributed by atoms with Gasteiger partial charge in [-0.3, -0.25) is 10.6 Å². The summed E-state index contributed by atoms with van der Waals surface area (Å²) in [7, 11) is 0. The second kappa shape index (κ2) is 4.91. The van der Waals surface area contributed by atoms with Crippen LogP contribution in [0.3, 0.4) is 0 Å². The van der Waals surface area contributed by atoms with E-state index in [2.05, 4.69) is 15.7 Å². The van der Waals surface area contributed by atoms with Gasteiger partial charge in [0.2, 0.25) is 0 Å². The molecule has 2 rings (SSSR count). The topological polar surface area (TPSA) is 89.3 Å². The minimum absolute atomic E-state index is 0.0987. The van der Waals surface area contributed by atoms with Crippen molar-refractivity contribution in [3.8, 4) is 0 Å². The van der Waals surface area contributed by atoms with E-state index in [1.165, 1.54) is 6.20 Å². The standard InChI is InChI=1S/C10H14N4O2/c11-14-7-1-2-9(12-5-7)10(15)13-8-3-4-16-6-8/h1-2,5,8,14H,3-4,6,11H2,(H,13,15). The second-order valence-electron chi connectivity index (χ2n) is 3.61. The van der Waals surface area contributed by atoms with E-state index in [-0.39, 0.29) is 11.9 Å². The minimum atomic E-state index is -0.181. The first-order chi connectivity index (χ1) is 7.79. The number of rotatable bonds is 3. The lowest BCUT2D eigenvalue weighted by atomic mass is 10.2. The molecule has 1 aromatic heterocycles. The Morgan fingerprint density at radius 3 is 3.00 bits per heavy atom. The van der Waals surface area contributed by atoms with Gasteiger partial charge in [-0.25, -0.2) is 4.98 Å². The van der Waals surface area contributed by atoms with E-state index >= 15 is 0 Å². The molecule has 1 amide bonds. The first kappa shape index (κ1) is 10.8. The number of nitrogens with two attached hydrogens (primary N) is 1. The van der Waals surface area contributed by atoms with Gasteiger partial charge in [-0.15, -0.1) is 0 Å². The van der Waals surface area contributed by atoms with Crippen molar-refractivity contribution in [2.75, 3.05) is 18.6 Å². The van der Waals surface area contributed by atoms with E-state index in [0.717, 1.165) is 6.42 Å². The number of aromatic nitrogens is 1. The molecule has 1 saturated heterocycles. The zero-order chi connectivity index (χ0) is 11.4. The lowest BCUT2D eigenvalue weighted by Gasteiger charge is -2.10. The lowest BCUT2D eigenvalue weighted by Crippen LogP contribution is -2.35. The monoisotopic (exact) mass is 222 g/mol. The van der Waals surface area contributed by atoms with Gasteiger partial charge < -0.3 is 15.5 Å². The first-order valence-corrected chi connectivity index (χ1v) is 5.11. The summed E-state index contributed by atoms with van der Waals surface area (Å²) in [5, 5.41) is 2.85. The molecule has 0 bridgehead atoms. The van der Waals surface area contributed by atoms with Gasteiger partial charge in [-0.1, -0.05) is 0 Å². The number of hydrogen-bond acceptors (Lipinski definition) is 5. The number of hydrazine groups is 1. The Balaban J connectivity index is 1.97. The van der Waals surface area contributed by atoms with Gasteiger partial charge in [0.05, 0.1) is 24.5 Å². The predicted molar refractivity (Wildman–Crippen MR) is 58.7 cm³/mol. The highest BCUT2D eigenvalue weighted by atomic mass is 16.5. The Morgan fingerprint density at radius 2 is 2.44 bits per heavy atom. The van der Waals surface area contributed by atoms with E-state index in [9.17, 15) is 4.79 Å². The number of ether oxygens (including phenoxy) is 1. The third-order valence-corrected chi connectivity index (χ3v) is 2.43. The maximum Gasteiger partial charge on any atom is 0.270 e. The predicted octanol–water partition coefficient (Wildman–Crippen LogP) is -0.114. The zero-order valence-electron chi connectivity index (χ0n) is 8.77. The zero-order valence-corrected chi connectivity index (χ0v) is 8.77. The molecule has 1 aliphatic rings. The number of carbonyl (C=O) groups is 1. The van der Waals surface area contributed by atoms with E-state index in [1.807, 2.05) is 0 Å². The molecule has 6 heteroatoms. The summed E-state index contributed by atoms with van der Waals surface area (Å²) in [6.07, 6.45) is 2.37. The van der Waals surface area contributed by atoms with Crippen molar-refractivity contribution in [2.45, 2.75) is 12.5 Å². The SMILES string of the molecule is NNc1ccc(C(=O)NC2CCOC2)nc1. The van der Waals surface area contributed by atoms with Gasteiger partial charge in [-0.05, 0) is 18.6 Å². The van der Waals surface area contributed by atoms with Crippen molar-refractivity contribution in [1.82, 2.24) is 10.3 Å². The van der Waals surface area contributed by atoms with Crippen molar-refractivity contribution in [3.63, 3.8) is 0 Å². The number of nitrogens with zero attached hydrogens (tertiary/aromatic N) is 1. The van der Waals surface area contributed by atoms with Gasteiger partial charge in [-0.2, -0.15) is 0 Å². The fourth-order valence-electron chi connectivity index (χ4n) is 1.52. The highest BCUT2D eigenvalue weighted by Crippen LogP contribution is 2.07. The molecule has 4 N–H and O–H groups in total. The molecule has 0 radical (unpaired) electrons. The Kier molecular flexibility index (Phi) is 3.33. The normalized spacial score (nSPS) is 19.4. The van der Waals surface area contributed by atoms with Crippen LogP contribution in [0.2, 0.25) is 0 Å². The average Bonchev–Trinajstić information content (AvgIpc) is 2.82. The molecule has 1 unspecified atom stereocenters. The molecule has 0 aliphatic carbocycles. The van der Waals surface area contributed by atoms with Crippen LogP contribution in [0.25, 0.3) is 0 Å². The number of amides is 1. The number of anilines is 1. The lowest BCUT2D eigenvalue weighted by molar-refractivity contribution is 0.0925. The fourth-order valence-corrected chi connectivity index (χ4v) is 1.52. The Bertz CT molecular complexity index is 360. The van der Waals surface area contributed by atoms with Crippen LogP contribution in [-0.4, -0.2) is 30.1 Å². The maximum atomic E-state index is 11.7. The van der Waals surface area contributed by atoms with Crippen molar-refractivity contribution in [2.24, 2.45) is 5.84 Å². The van der Waals surface area contributed by atoms with E-state index in [1.54, 1.807) is 12.1 Å². The van der Waals surface area contributed by atoms with Crippen LogP contribution in [0.5, 0.6) is 0 Å². The number of pyridine rings is 1. The van der Waals surface area contributed by atoms with E-state index < -0.39 is 0 Å². The van der Waals surface area contributed by atoms with Crippen LogP contribution >= 0.6 is 0 Å². The van der Waals surface area contributed by atoms with Gasteiger partial charge in [0, 0.05) is 6.61 Å². The molecule has 0 saturated carbocycles. The molecule has 2 heterocycles. The van der Waals surface area contributed by atoms with Crippen molar-refractivity contribution in [1.29, 1.82) is 0 Å². The second-order valence-corrected chi connectivity index (χ2v) is 3.61. The molecule has 1 aromatic rings. The van der Waals surface area contributed by atoms with Crippen molar-refractivity contribution in [3.05, 3.63) is 24.0 Å². The third kappa shape index (κ3) is 2.47. The maximum absolute atomic E-state index is 11.7. The largest absolute Gasteiger partial charge is 0.379 e. The molecular formula is C10H14N4O2. The summed E-state index contributed by atoms with van der Waals surface area (Å²) in [4.78, 5) is 15.7. The van der Waals surface area contributed by atoms with Crippen LogP contribution in [0.1, 0.15) is 16.9 Å². The number of nitrogen functional groups attached to an aromatic ring is 1. The first-order valence-electron chi connectivity index (χ1n) is 5.11. The molecule has 1 fully saturated rings. The smallest absolute Gasteiger partial charge is 0.270 e. The van der Waals surface area contributed by atoms with Gasteiger partial charge in [0.15, 0.2) is 0 Å². The van der Waals surface area contributed by atoms with Gasteiger partial charge in [0.25, 0.3) is 5.91 Å². The Hall–Kier alpha value is -1.66. The summed E-state index contributed by atoms with van der Waals surface area (Å²) in [6, 6.07) is 3.43. The number of nitrogens with one attached hydrogen (secondary N) is 2. The molecule has 1 atom stereocenters. The van der Waals surface area contributed by atoms with Gasteiger partial charge >= 0.3 is 0 Å². The van der Waals surface area contributed by atoms with Crippen LogP contribution < -0.4 is 16.6 Å². The van der Waals surface area contributed by atoms with E-state index in [4.69, 9.17) is 10.6 Å². The molecule has 0 spiro atoms. The van der Waals surface area contributed by atoms with Crippen LogP contribution in [0.4, 0.5) is 5.69 Å². The third-order valence-electron chi connectivity index (χ3n) is 2.43. The summed E-state index contributed by atoms with van der Waals surface area (Å²) in [6.45, 7) is 1.28. The molecule has 1 aliphatic heterocycles. The Morgan fingerprint density at radius 1 is 1.56 bits per heavy atom. The summed E-state index contributed by atoms with van der Waals surface area (Å²) >= 11 is 0. The highest BCUT2D eigenvalue weighted by Gasteiger charge is 2.18. The van der Waals surface area contributed by atoms with Crippen LogP contribution in [0, 0.1) is 0 Å². The van der Waals surface area contributed by atoms with E-state index in [0.29, 0.717) is 24.6 Å². The number of hydrogen-bond donors (Lipinski definition) is 3. The summed E-state index contributed by atoms with van der Waals surface area (Å²) < 4.78 is 5.17. The summed E-state index contributed by atoms with van der Waals surface area (Å²) in [5.74, 6) is 5.02. The van der Waals surface area contributed by atoms with Crippen LogP contribution in [-0.2, 0) is 4.74 Å². The summed E-state index contributed by atoms with van der Waals surface area (Å²) in [5.41, 5.74) is 3.50. The highest BCUT2D eigenvalue weighted by molar-refractivity contribution is 5.92. The molecule has 6 nitrogen and oxygen atoms in total. The molecule has 0 aromatic carbocycles. The quantitative estimate of drug-likeness (QED) is 0.490. The molecular weight excluding hydrogens is 208 g/mol. The number of carbonyl (C=O) groups excluding carboxylic acids is 1. The van der Waals surface area contributed by atoms with Gasteiger partial charge in [0.1, 0.15) is 5.69 Å². The fraction of sp³-hybridized carbons (Fsp3) is 0.400. The average molecular weight is 222 g/mol. The molecule has 86 valence electrons. The van der Waals surface area contributed by atoms with Crippen molar-refractivity contribution < 1.29 is 9.53 Å². The van der Waals surface area contributed by atoms with Crippen LogP contribution in [0.15, 0.2) is 18.3 Å². The minimum Gasteiger partial charge on any atom is -0.379 e. The molecule has 16 heavy (non-hydrogen) atoms. The van der Waals surface area contributed by atoms with Crippen molar-refractivity contribution >= 4 is 11.6 Å². The Labute approximate surface area is 93.2 Å².